The van der Waals surface area contributed by atoms with E-state index in [-0.39, 0.29) is 5.78 Å². The summed E-state index contributed by atoms with van der Waals surface area (Å²) in [6, 6.07) is 1.95. The fraction of sp³-hybridized carbons (Fsp3) is 0.364. The van der Waals surface area contributed by atoms with Gasteiger partial charge in [-0.05, 0) is 25.0 Å². The van der Waals surface area contributed by atoms with Gasteiger partial charge >= 0.3 is 0 Å². The zero-order valence-electron chi connectivity index (χ0n) is 8.39. The van der Waals surface area contributed by atoms with Gasteiger partial charge in [-0.1, -0.05) is 6.07 Å². The van der Waals surface area contributed by atoms with Crippen LogP contribution in [0.3, 0.4) is 0 Å². The Balaban J connectivity index is 2.73. The van der Waals surface area contributed by atoms with E-state index in [1.807, 2.05) is 19.9 Å². The predicted molar refractivity (Wildman–Crippen MR) is 54.8 cm³/mol. The molecule has 2 N–H and O–H groups in total. The molecule has 14 heavy (non-hydrogen) atoms. The highest BCUT2D eigenvalue weighted by Gasteiger charge is 2.23. The topological polar surface area (TPSA) is 52.3 Å². The number of rotatable bonds is 0. The molecule has 3 nitrogen and oxygen atoms in total. The smallest absolute Gasteiger partial charge is 0.172 e. The number of Topliss-reactive ketones (excluding diaryl/α,β-unsaturated/α-hetero) is 1. The first kappa shape index (κ1) is 9.06. The molecule has 0 saturated heterocycles. The Morgan fingerprint density at radius 1 is 1.36 bits per heavy atom. The van der Waals surface area contributed by atoms with Crippen molar-refractivity contribution in [1.29, 1.82) is 0 Å². The molecule has 0 aliphatic carbocycles. The highest BCUT2D eigenvalue weighted by Crippen LogP contribution is 2.34. The maximum atomic E-state index is 11.7. The van der Waals surface area contributed by atoms with Crippen LogP contribution in [0.15, 0.2) is 6.07 Å². The number of nitrogens with two attached hydrogens (primary N) is 1. The normalized spacial score (nSPS) is 14.9. The van der Waals surface area contributed by atoms with Crippen molar-refractivity contribution in [3.63, 3.8) is 0 Å². The molecule has 0 fully saturated rings. The van der Waals surface area contributed by atoms with Gasteiger partial charge in [-0.2, -0.15) is 0 Å². The molecule has 0 bridgehead atoms. The lowest BCUT2D eigenvalue weighted by Gasteiger charge is -2.21. The quantitative estimate of drug-likeness (QED) is 0.637. The summed E-state index contributed by atoms with van der Waals surface area (Å²) in [4.78, 5) is 11.7. The van der Waals surface area contributed by atoms with Gasteiger partial charge < -0.3 is 10.5 Å². The number of fused-ring (bicyclic) bond motifs is 1. The van der Waals surface area contributed by atoms with E-state index in [1.165, 1.54) is 0 Å². The van der Waals surface area contributed by atoms with Crippen molar-refractivity contribution >= 4 is 11.5 Å². The van der Waals surface area contributed by atoms with Crippen LogP contribution in [-0.4, -0.2) is 12.4 Å². The van der Waals surface area contributed by atoms with Gasteiger partial charge in [-0.3, -0.25) is 4.79 Å². The molecule has 2 rings (SSSR count). The molecule has 3 heteroatoms. The number of ether oxygens (including phenoxy) is 1. The lowest BCUT2D eigenvalue weighted by atomic mass is 9.96. The molecule has 0 saturated carbocycles. The minimum Gasteiger partial charge on any atom is -0.492 e. The van der Waals surface area contributed by atoms with Crippen LogP contribution in [0.25, 0.3) is 0 Å². The van der Waals surface area contributed by atoms with Crippen molar-refractivity contribution in [2.45, 2.75) is 20.3 Å². The average molecular weight is 191 g/mol. The fourth-order valence-electron chi connectivity index (χ4n) is 1.82. The Kier molecular flexibility index (Phi) is 1.95. The second kappa shape index (κ2) is 3.01. The molecule has 1 aliphatic rings. The Hall–Kier alpha value is -1.51. The summed E-state index contributed by atoms with van der Waals surface area (Å²) in [5.74, 6) is 0.764. The molecule has 1 aromatic carbocycles. The van der Waals surface area contributed by atoms with E-state index >= 15 is 0 Å². The monoisotopic (exact) mass is 191 g/mol. The largest absolute Gasteiger partial charge is 0.492 e. The van der Waals surface area contributed by atoms with Gasteiger partial charge in [-0.25, -0.2) is 0 Å². The van der Waals surface area contributed by atoms with Crippen molar-refractivity contribution in [2.24, 2.45) is 0 Å². The summed E-state index contributed by atoms with van der Waals surface area (Å²) in [6.07, 6.45) is 0.431. The number of carbonyl (C=O) groups excluding carboxylic acids is 1. The predicted octanol–water partition coefficient (Wildman–Crippen LogP) is 1.85. The third-order valence-electron chi connectivity index (χ3n) is 2.57. The highest BCUT2D eigenvalue weighted by molar-refractivity contribution is 6.05. The molecule has 1 aliphatic heterocycles. The number of anilines is 1. The van der Waals surface area contributed by atoms with Gasteiger partial charge in [0.2, 0.25) is 0 Å². The SMILES string of the molecule is Cc1cc(C)c2c(c1N)C(=O)CCO2. The van der Waals surface area contributed by atoms with Crippen LogP contribution >= 0.6 is 0 Å². The Morgan fingerprint density at radius 3 is 2.79 bits per heavy atom. The van der Waals surface area contributed by atoms with E-state index < -0.39 is 0 Å². The molecule has 0 radical (unpaired) electrons. The van der Waals surface area contributed by atoms with Crippen molar-refractivity contribution < 1.29 is 9.53 Å². The van der Waals surface area contributed by atoms with E-state index in [0.717, 1.165) is 11.1 Å². The van der Waals surface area contributed by atoms with Crippen LogP contribution in [0.2, 0.25) is 0 Å². The molecule has 74 valence electrons. The first-order valence-corrected chi connectivity index (χ1v) is 4.67. The maximum Gasteiger partial charge on any atom is 0.172 e. The summed E-state index contributed by atoms with van der Waals surface area (Å²) in [7, 11) is 0. The van der Waals surface area contributed by atoms with Crippen molar-refractivity contribution in [3.05, 3.63) is 22.8 Å². The van der Waals surface area contributed by atoms with Gasteiger partial charge in [0, 0.05) is 12.1 Å². The Labute approximate surface area is 82.9 Å². The number of aryl methyl sites for hydroxylation is 2. The average Bonchev–Trinajstić information content (AvgIpc) is 2.14. The molecule has 1 heterocycles. The molecular formula is C11H13NO2. The van der Waals surface area contributed by atoms with Crippen LogP contribution in [0, 0.1) is 13.8 Å². The fourth-order valence-corrected chi connectivity index (χ4v) is 1.82. The van der Waals surface area contributed by atoms with Gasteiger partial charge in [0.15, 0.2) is 5.78 Å². The molecule has 0 amide bonds. The maximum absolute atomic E-state index is 11.7. The van der Waals surface area contributed by atoms with Crippen molar-refractivity contribution in [1.82, 2.24) is 0 Å². The van der Waals surface area contributed by atoms with E-state index in [9.17, 15) is 4.79 Å². The third-order valence-corrected chi connectivity index (χ3v) is 2.57. The first-order valence-electron chi connectivity index (χ1n) is 4.67. The second-order valence-corrected chi connectivity index (χ2v) is 3.65. The summed E-state index contributed by atoms with van der Waals surface area (Å²) in [6.45, 7) is 4.31. The number of hydrogen-bond acceptors (Lipinski definition) is 3. The summed E-state index contributed by atoms with van der Waals surface area (Å²) >= 11 is 0. The van der Waals surface area contributed by atoms with Crippen LogP contribution in [0.4, 0.5) is 5.69 Å². The van der Waals surface area contributed by atoms with E-state index in [4.69, 9.17) is 10.5 Å². The van der Waals surface area contributed by atoms with Crippen molar-refractivity contribution in [3.8, 4) is 5.75 Å². The third kappa shape index (κ3) is 1.16. The number of benzene rings is 1. The van der Waals surface area contributed by atoms with Gasteiger partial charge in [0.05, 0.1) is 12.2 Å². The van der Waals surface area contributed by atoms with Crippen LogP contribution < -0.4 is 10.5 Å². The summed E-state index contributed by atoms with van der Waals surface area (Å²) in [5.41, 5.74) is 8.93. The number of carbonyl (C=O) groups is 1. The zero-order chi connectivity index (χ0) is 10.3. The summed E-state index contributed by atoms with van der Waals surface area (Å²) in [5, 5.41) is 0. The van der Waals surface area contributed by atoms with Gasteiger partial charge in [0.1, 0.15) is 5.75 Å². The molecule has 0 atom stereocenters. The van der Waals surface area contributed by atoms with Crippen LogP contribution in [0.5, 0.6) is 5.75 Å². The number of nitrogen functional groups attached to an aromatic ring is 1. The lowest BCUT2D eigenvalue weighted by molar-refractivity contribution is 0.0934. The molecule has 0 unspecified atom stereocenters. The Morgan fingerprint density at radius 2 is 2.07 bits per heavy atom. The lowest BCUT2D eigenvalue weighted by Crippen LogP contribution is -2.18. The van der Waals surface area contributed by atoms with Crippen LogP contribution in [0.1, 0.15) is 27.9 Å². The zero-order valence-corrected chi connectivity index (χ0v) is 8.39. The van der Waals surface area contributed by atoms with Gasteiger partial charge in [0.25, 0.3) is 0 Å². The van der Waals surface area contributed by atoms with E-state index in [0.29, 0.717) is 30.0 Å². The van der Waals surface area contributed by atoms with E-state index in [1.54, 1.807) is 0 Å². The minimum absolute atomic E-state index is 0.0931. The molecule has 0 aromatic heterocycles. The number of ketones is 1. The minimum atomic E-state index is 0.0931. The molecule has 0 spiro atoms. The van der Waals surface area contributed by atoms with E-state index in [2.05, 4.69) is 0 Å². The van der Waals surface area contributed by atoms with Crippen LogP contribution in [-0.2, 0) is 0 Å². The number of hydrogen-bond donors (Lipinski definition) is 1. The second-order valence-electron chi connectivity index (χ2n) is 3.65. The first-order chi connectivity index (χ1) is 6.61. The standard InChI is InChI=1S/C11H13NO2/c1-6-5-7(2)11-9(10(6)12)8(13)3-4-14-11/h5H,3-4,12H2,1-2H3. The molecule has 1 aromatic rings. The summed E-state index contributed by atoms with van der Waals surface area (Å²) < 4.78 is 5.46. The van der Waals surface area contributed by atoms with Crippen molar-refractivity contribution in [2.75, 3.05) is 12.3 Å². The highest BCUT2D eigenvalue weighted by atomic mass is 16.5. The Bertz CT molecular complexity index is 410. The van der Waals surface area contributed by atoms with Gasteiger partial charge in [-0.15, -0.1) is 0 Å². The molecular weight excluding hydrogens is 178 g/mol.